The monoisotopic (exact) mass is 327 g/mol. The Bertz CT molecular complexity index is 792. The number of hydrogen-bond donors (Lipinski definition) is 2. The lowest BCUT2D eigenvalue weighted by Crippen LogP contribution is -2.16. The third kappa shape index (κ3) is 3.64. The first kappa shape index (κ1) is 15.1. The fourth-order valence-electron chi connectivity index (χ4n) is 1.46. The maximum absolute atomic E-state index is 11.3. The minimum atomic E-state index is -3.33. The molecule has 2 aromatic rings. The van der Waals surface area contributed by atoms with Gasteiger partial charge in [0.1, 0.15) is 5.82 Å². The zero-order valence-corrected chi connectivity index (χ0v) is 12.3. The number of anilines is 2. The van der Waals surface area contributed by atoms with E-state index in [0.717, 1.165) is 6.26 Å². The van der Waals surface area contributed by atoms with Crippen molar-refractivity contribution in [2.45, 2.75) is 4.90 Å². The second-order valence-electron chi connectivity index (χ2n) is 4.07. The molecule has 0 fully saturated rings. The van der Waals surface area contributed by atoms with Crippen LogP contribution >= 0.6 is 11.6 Å². The van der Waals surface area contributed by atoms with Crippen molar-refractivity contribution in [1.29, 1.82) is 0 Å². The normalized spacial score (nSPS) is 11.1. The van der Waals surface area contributed by atoms with E-state index < -0.39 is 15.7 Å². The van der Waals surface area contributed by atoms with Gasteiger partial charge in [0.25, 0.3) is 5.91 Å². The molecule has 2 heterocycles. The largest absolute Gasteiger partial charge is 0.364 e. The first-order chi connectivity index (χ1) is 9.77. The van der Waals surface area contributed by atoms with Crippen molar-refractivity contribution in [2.75, 3.05) is 11.6 Å². The molecule has 0 saturated heterocycles. The zero-order chi connectivity index (χ0) is 15.6. The number of carbonyl (C=O) groups is 1. The number of primary amides is 1. The van der Waals surface area contributed by atoms with E-state index in [-0.39, 0.29) is 21.4 Å². The van der Waals surface area contributed by atoms with Crippen molar-refractivity contribution in [3.63, 3.8) is 0 Å². The van der Waals surface area contributed by atoms with Gasteiger partial charge in [-0.3, -0.25) is 4.79 Å². The lowest BCUT2D eigenvalue weighted by atomic mass is 10.3. The van der Waals surface area contributed by atoms with Crippen LogP contribution in [0.1, 0.15) is 10.5 Å². The van der Waals surface area contributed by atoms with Gasteiger partial charge in [-0.1, -0.05) is 11.6 Å². The fourth-order valence-corrected chi connectivity index (χ4v) is 2.16. The summed E-state index contributed by atoms with van der Waals surface area (Å²) >= 11 is 5.71. The Labute approximate surface area is 125 Å². The Morgan fingerprint density at radius 2 is 2.05 bits per heavy atom. The summed E-state index contributed by atoms with van der Waals surface area (Å²) in [4.78, 5) is 15.3. The number of rotatable bonds is 4. The lowest BCUT2D eigenvalue weighted by Gasteiger charge is -2.08. The molecule has 3 N–H and O–H groups in total. The highest BCUT2D eigenvalue weighted by Gasteiger charge is 2.13. The molecule has 2 rings (SSSR count). The van der Waals surface area contributed by atoms with E-state index in [2.05, 4.69) is 20.5 Å². The standard InChI is InChI=1S/C11H10ClN5O3S/c1-21(19,20)6-2-3-9(14-5-6)15-7-4-8(12)16-17-10(7)11(13)18/h2-5H,1H3,(H2,13,18)(H,14,15,16). The average Bonchev–Trinajstić information content (AvgIpc) is 2.38. The summed E-state index contributed by atoms with van der Waals surface area (Å²) in [6.07, 6.45) is 2.27. The number of pyridine rings is 1. The van der Waals surface area contributed by atoms with E-state index in [0.29, 0.717) is 5.82 Å². The number of hydrogen-bond acceptors (Lipinski definition) is 7. The van der Waals surface area contributed by atoms with Crippen LogP contribution in [-0.2, 0) is 9.84 Å². The van der Waals surface area contributed by atoms with Crippen molar-refractivity contribution in [3.8, 4) is 0 Å². The summed E-state index contributed by atoms with van der Waals surface area (Å²) < 4.78 is 22.7. The minimum absolute atomic E-state index is 0.0651. The molecule has 0 saturated carbocycles. The fraction of sp³-hybridized carbons (Fsp3) is 0.0909. The van der Waals surface area contributed by atoms with Gasteiger partial charge in [-0.2, -0.15) is 0 Å². The van der Waals surface area contributed by atoms with Crippen LogP contribution in [0, 0.1) is 0 Å². The smallest absolute Gasteiger partial charge is 0.271 e. The van der Waals surface area contributed by atoms with Crippen LogP contribution in [0.15, 0.2) is 29.3 Å². The molecule has 0 aromatic carbocycles. The predicted molar refractivity (Wildman–Crippen MR) is 76.2 cm³/mol. The summed E-state index contributed by atoms with van der Waals surface area (Å²) in [7, 11) is -3.33. The van der Waals surface area contributed by atoms with Gasteiger partial charge < -0.3 is 11.1 Å². The molecule has 0 aliphatic carbocycles. The minimum Gasteiger partial charge on any atom is -0.364 e. The lowest BCUT2D eigenvalue weighted by molar-refractivity contribution is 0.0995. The molecule has 0 unspecified atom stereocenters. The first-order valence-electron chi connectivity index (χ1n) is 5.53. The number of sulfone groups is 1. The molecule has 0 bridgehead atoms. The van der Waals surface area contributed by atoms with Gasteiger partial charge in [-0.15, -0.1) is 10.2 Å². The Morgan fingerprint density at radius 3 is 2.57 bits per heavy atom. The third-order valence-electron chi connectivity index (χ3n) is 2.42. The molecule has 0 aliphatic heterocycles. The molecule has 21 heavy (non-hydrogen) atoms. The summed E-state index contributed by atoms with van der Waals surface area (Å²) in [6, 6.07) is 4.18. The van der Waals surface area contributed by atoms with Crippen LogP contribution in [0.25, 0.3) is 0 Å². The van der Waals surface area contributed by atoms with Crippen molar-refractivity contribution < 1.29 is 13.2 Å². The molecule has 0 radical (unpaired) electrons. The molecule has 8 nitrogen and oxygen atoms in total. The molecule has 0 spiro atoms. The topological polar surface area (TPSA) is 128 Å². The SMILES string of the molecule is CS(=O)(=O)c1ccc(Nc2cc(Cl)nnc2C(N)=O)nc1. The van der Waals surface area contributed by atoms with Crippen molar-refractivity contribution in [1.82, 2.24) is 15.2 Å². The van der Waals surface area contributed by atoms with Gasteiger partial charge in [-0.05, 0) is 12.1 Å². The number of amides is 1. The predicted octanol–water partition coefficient (Wildman–Crippen LogP) is 0.771. The van der Waals surface area contributed by atoms with Gasteiger partial charge in [0.15, 0.2) is 20.7 Å². The number of carbonyl (C=O) groups excluding carboxylic acids is 1. The highest BCUT2D eigenvalue weighted by atomic mass is 35.5. The number of nitrogens with two attached hydrogens (primary N) is 1. The highest BCUT2D eigenvalue weighted by molar-refractivity contribution is 7.90. The second kappa shape index (κ2) is 5.62. The molecule has 10 heteroatoms. The third-order valence-corrected chi connectivity index (χ3v) is 3.71. The first-order valence-corrected chi connectivity index (χ1v) is 7.80. The quantitative estimate of drug-likeness (QED) is 0.848. The molecule has 2 aromatic heterocycles. The van der Waals surface area contributed by atoms with E-state index in [1.807, 2.05) is 0 Å². The molecule has 0 atom stereocenters. The van der Waals surface area contributed by atoms with Crippen molar-refractivity contribution in [3.05, 3.63) is 35.2 Å². The van der Waals surface area contributed by atoms with Gasteiger partial charge in [-0.25, -0.2) is 13.4 Å². The second-order valence-corrected chi connectivity index (χ2v) is 6.47. The molecule has 1 amide bonds. The van der Waals surface area contributed by atoms with Gasteiger partial charge in [0.05, 0.1) is 10.6 Å². The molecule has 110 valence electrons. The molecule has 0 aliphatic rings. The van der Waals surface area contributed by atoms with Crippen LogP contribution in [0.3, 0.4) is 0 Å². The van der Waals surface area contributed by atoms with Crippen molar-refractivity contribution in [2.24, 2.45) is 5.73 Å². The van der Waals surface area contributed by atoms with Crippen LogP contribution < -0.4 is 11.1 Å². The number of aromatic nitrogens is 3. The Balaban J connectivity index is 2.34. The maximum Gasteiger partial charge on any atom is 0.271 e. The highest BCUT2D eigenvalue weighted by Crippen LogP contribution is 2.21. The van der Waals surface area contributed by atoms with Gasteiger partial charge in [0, 0.05) is 18.5 Å². The van der Waals surface area contributed by atoms with E-state index in [1.165, 1.54) is 24.4 Å². The molecular weight excluding hydrogens is 318 g/mol. The number of nitrogens with one attached hydrogen (secondary N) is 1. The Hall–Kier alpha value is -2.26. The maximum atomic E-state index is 11.3. The van der Waals surface area contributed by atoms with Crippen molar-refractivity contribution >= 4 is 38.9 Å². The zero-order valence-electron chi connectivity index (χ0n) is 10.7. The summed E-state index contributed by atoms with van der Waals surface area (Å²) in [6.45, 7) is 0. The van der Waals surface area contributed by atoms with E-state index in [9.17, 15) is 13.2 Å². The number of halogens is 1. The van der Waals surface area contributed by atoms with Crippen LogP contribution in [-0.4, -0.2) is 35.8 Å². The Kier molecular flexibility index (Phi) is 4.05. The van der Waals surface area contributed by atoms with Crippen LogP contribution in [0.2, 0.25) is 5.15 Å². The Morgan fingerprint density at radius 1 is 1.33 bits per heavy atom. The average molecular weight is 328 g/mol. The van der Waals surface area contributed by atoms with Crippen LogP contribution in [0.5, 0.6) is 0 Å². The van der Waals surface area contributed by atoms with E-state index in [1.54, 1.807) is 0 Å². The summed E-state index contributed by atoms with van der Waals surface area (Å²) in [5, 5.41) is 9.96. The molecular formula is C11H10ClN5O3S. The summed E-state index contributed by atoms with van der Waals surface area (Å²) in [5.41, 5.74) is 5.30. The summed E-state index contributed by atoms with van der Waals surface area (Å²) in [5.74, 6) is -0.483. The van der Waals surface area contributed by atoms with Gasteiger partial charge >= 0.3 is 0 Å². The van der Waals surface area contributed by atoms with E-state index in [4.69, 9.17) is 17.3 Å². The number of nitrogens with zero attached hydrogens (tertiary/aromatic N) is 3. The van der Waals surface area contributed by atoms with Gasteiger partial charge in [0.2, 0.25) is 0 Å². The van der Waals surface area contributed by atoms with Crippen LogP contribution in [0.4, 0.5) is 11.5 Å². The van der Waals surface area contributed by atoms with E-state index >= 15 is 0 Å².